The van der Waals surface area contributed by atoms with Crippen LogP contribution in [0.3, 0.4) is 0 Å². The number of ether oxygens (including phenoxy) is 1. The van der Waals surface area contributed by atoms with Crippen LogP contribution in [0.5, 0.6) is 0 Å². The number of rotatable bonds is 2. The molecule has 2 heterocycles. The molecule has 1 saturated carbocycles. The second kappa shape index (κ2) is 5.41. The minimum atomic E-state index is -0.198. The largest absolute Gasteiger partial charge is 0.393 e. The topological polar surface area (TPSA) is 49.8 Å². The van der Waals surface area contributed by atoms with E-state index in [2.05, 4.69) is 4.90 Å². The van der Waals surface area contributed by atoms with Crippen LogP contribution in [-0.2, 0) is 9.53 Å². The summed E-state index contributed by atoms with van der Waals surface area (Å²) in [5.74, 6) is 0.620. The molecule has 19 heavy (non-hydrogen) atoms. The van der Waals surface area contributed by atoms with E-state index in [0.29, 0.717) is 12.5 Å². The van der Waals surface area contributed by atoms with Crippen molar-refractivity contribution in [3.8, 4) is 0 Å². The van der Waals surface area contributed by atoms with Gasteiger partial charge in [-0.2, -0.15) is 0 Å². The highest BCUT2D eigenvalue weighted by molar-refractivity contribution is 5.80. The molecular weight excluding hydrogens is 242 g/mol. The molecule has 0 aromatic carbocycles. The number of aliphatic hydroxyl groups excluding tert-OH is 1. The van der Waals surface area contributed by atoms with E-state index in [-0.39, 0.29) is 30.1 Å². The number of hydrogen-bond donors (Lipinski definition) is 1. The monoisotopic (exact) mass is 267 g/mol. The van der Waals surface area contributed by atoms with Crippen molar-refractivity contribution in [2.45, 2.75) is 63.7 Å². The molecule has 0 aromatic heterocycles. The Bertz CT molecular complexity index is 346. The maximum atomic E-state index is 12.7. The Labute approximate surface area is 115 Å². The highest BCUT2D eigenvalue weighted by atomic mass is 16.5. The van der Waals surface area contributed by atoms with Crippen molar-refractivity contribution in [3.63, 3.8) is 0 Å². The summed E-state index contributed by atoms with van der Waals surface area (Å²) in [6.07, 6.45) is 5.96. The van der Waals surface area contributed by atoms with Crippen LogP contribution in [0, 0.1) is 11.8 Å². The Balaban J connectivity index is 1.70. The van der Waals surface area contributed by atoms with Crippen molar-refractivity contribution in [1.29, 1.82) is 0 Å². The fourth-order valence-corrected chi connectivity index (χ4v) is 4.20. The van der Waals surface area contributed by atoms with Crippen LogP contribution in [-0.4, -0.2) is 47.3 Å². The molecule has 5 atom stereocenters. The molecule has 4 heteroatoms. The summed E-state index contributed by atoms with van der Waals surface area (Å²) < 4.78 is 5.53. The highest BCUT2D eigenvalue weighted by Crippen LogP contribution is 2.37. The zero-order valence-electron chi connectivity index (χ0n) is 11.8. The number of amides is 1. The molecule has 2 aliphatic heterocycles. The molecule has 0 spiro atoms. The van der Waals surface area contributed by atoms with Gasteiger partial charge in [0.2, 0.25) is 5.91 Å². The molecule has 0 aromatic rings. The van der Waals surface area contributed by atoms with Gasteiger partial charge in [-0.05, 0) is 39.0 Å². The van der Waals surface area contributed by atoms with Gasteiger partial charge in [0, 0.05) is 25.1 Å². The molecule has 0 bridgehead atoms. The number of carbonyl (C=O) groups excluding carboxylic acids is 1. The van der Waals surface area contributed by atoms with Gasteiger partial charge >= 0.3 is 0 Å². The third-order valence-electron chi connectivity index (χ3n) is 5.30. The molecule has 108 valence electrons. The predicted octanol–water partition coefficient (Wildman–Crippen LogP) is 1.56. The second-order valence-corrected chi connectivity index (χ2v) is 6.37. The first-order chi connectivity index (χ1) is 9.18. The molecule has 0 radical (unpaired) electrons. The van der Waals surface area contributed by atoms with Crippen LogP contribution in [0.4, 0.5) is 0 Å². The fraction of sp³-hybridized carbons (Fsp3) is 0.933. The first-order valence-corrected chi connectivity index (χ1v) is 7.78. The summed E-state index contributed by atoms with van der Waals surface area (Å²) >= 11 is 0. The van der Waals surface area contributed by atoms with E-state index in [4.69, 9.17) is 4.74 Å². The maximum absolute atomic E-state index is 12.7. The van der Waals surface area contributed by atoms with Gasteiger partial charge in [-0.3, -0.25) is 4.79 Å². The maximum Gasteiger partial charge on any atom is 0.228 e. The average Bonchev–Trinajstić information content (AvgIpc) is 3.07. The lowest BCUT2D eigenvalue weighted by atomic mass is 9.92. The van der Waals surface area contributed by atoms with Gasteiger partial charge in [-0.15, -0.1) is 0 Å². The third-order valence-corrected chi connectivity index (χ3v) is 5.30. The Hall–Kier alpha value is -0.610. The second-order valence-electron chi connectivity index (χ2n) is 6.37. The summed E-state index contributed by atoms with van der Waals surface area (Å²) in [6, 6.07) is 0.276. The minimum absolute atomic E-state index is 0.0409. The van der Waals surface area contributed by atoms with Gasteiger partial charge < -0.3 is 14.7 Å². The van der Waals surface area contributed by atoms with Gasteiger partial charge in [0.15, 0.2) is 0 Å². The fourth-order valence-electron chi connectivity index (χ4n) is 4.20. The van der Waals surface area contributed by atoms with Crippen molar-refractivity contribution < 1.29 is 14.6 Å². The van der Waals surface area contributed by atoms with Crippen LogP contribution in [0.1, 0.15) is 45.4 Å². The molecule has 3 aliphatic rings. The Morgan fingerprint density at radius 1 is 1.21 bits per heavy atom. The van der Waals surface area contributed by atoms with Crippen molar-refractivity contribution in [2.75, 3.05) is 13.2 Å². The zero-order chi connectivity index (χ0) is 13.4. The predicted molar refractivity (Wildman–Crippen MR) is 71.6 cm³/mol. The molecule has 3 fully saturated rings. The van der Waals surface area contributed by atoms with Crippen molar-refractivity contribution in [2.24, 2.45) is 11.8 Å². The van der Waals surface area contributed by atoms with Crippen molar-refractivity contribution in [3.05, 3.63) is 0 Å². The zero-order valence-corrected chi connectivity index (χ0v) is 11.8. The summed E-state index contributed by atoms with van der Waals surface area (Å²) in [5, 5.41) is 10.1. The third kappa shape index (κ3) is 2.40. The quantitative estimate of drug-likeness (QED) is 0.826. The molecular formula is C15H25NO3. The van der Waals surface area contributed by atoms with Crippen molar-refractivity contribution in [1.82, 2.24) is 4.90 Å². The lowest BCUT2D eigenvalue weighted by molar-refractivity contribution is -0.139. The van der Waals surface area contributed by atoms with E-state index in [9.17, 15) is 9.90 Å². The molecule has 1 amide bonds. The van der Waals surface area contributed by atoms with Gasteiger partial charge in [-0.1, -0.05) is 6.42 Å². The number of hydrogen-bond acceptors (Lipinski definition) is 3. The number of aliphatic hydroxyl groups is 1. The molecule has 3 rings (SSSR count). The first-order valence-electron chi connectivity index (χ1n) is 7.78. The van der Waals surface area contributed by atoms with Crippen LogP contribution in [0.15, 0.2) is 0 Å². The Kier molecular flexibility index (Phi) is 3.81. The number of carbonyl (C=O) groups is 1. The molecule has 1 aliphatic carbocycles. The molecule has 5 unspecified atom stereocenters. The van der Waals surface area contributed by atoms with Gasteiger partial charge in [0.05, 0.1) is 18.1 Å². The van der Waals surface area contributed by atoms with E-state index in [1.54, 1.807) is 0 Å². The van der Waals surface area contributed by atoms with Crippen molar-refractivity contribution >= 4 is 5.91 Å². The van der Waals surface area contributed by atoms with E-state index >= 15 is 0 Å². The van der Waals surface area contributed by atoms with Crippen LogP contribution >= 0.6 is 0 Å². The number of nitrogens with zero attached hydrogens (tertiary/aromatic N) is 1. The van der Waals surface area contributed by atoms with Gasteiger partial charge in [0.25, 0.3) is 0 Å². The van der Waals surface area contributed by atoms with E-state index in [1.165, 1.54) is 0 Å². The average molecular weight is 267 g/mol. The van der Waals surface area contributed by atoms with E-state index in [1.807, 2.05) is 6.92 Å². The van der Waals surface area contributed by atoms with Crippen LogP contribution < -0.4 is 0 Å². The smallest absolute Gasteiger partial charge is 0.228 e. The summed E-state index contributed by atoms with van der Waals surface area (Å²) in [5.41, 5.74) is 0. The Morgan fingerprint density at radius 3 is 2.68 bits per heavy atom. The lowest BCUT2D eigenvalue weighted by Gasteiger charge is -2.33. The van der Waals surface area contributed by atoms with Gasteiger partial charge in [-0.25, -0.2) is 0 Å². The lowest BCUT2D eigenvalue weighted by Crippen LogP contribution is -2.46. The normalized spacial score (nSPS) is 43.1. The van der Waals surface area contributed by atoms with Crippen LogP contribution in [0.2, 0.25) is 0 Å². The molecule has 2 saturated heterocycles. The first kappa shape index (κ1) is 13.4. The standard InChI is InChI=1S/C15H25NO3/c1-10-11(7-9-19-10)15(18)16-8-3-5-13(16)12-4-2-6-14(12)17/h10-14,17H,2-9H2,1H3. The van der Waals surface area contributed by atoms with E-state index in [0.717, 1.165) is 45.1 Å². The minimum Gasteiger partial charge on any atom is -0.393 e. The number of likely N-dealkylation sites (tertiary alicyclic amines) is 1. The SMILES string of the molecule is CC1OCCC1C(=O)N1CCCC1C1CCCC1O. The summed E-state index contributed by atoms with van der Waals surface area (Å²) in [4.78, 5) is 14.8. The summed E-state index contributed by atoms with van der Waals surface area (Å²) in [6.45, 7) is 3.59. The summed E-state index contributed by atoms with van der Waals surface area (Å²) in [7, 11) is 0. The molecule has 4 nitrogen and oxygen atoms in total. The van der Waals surface area contributed by atoms with Gasteiger partial charge in [0.1, 0.15) is 0 Å². The van der Waals surface area contributed by atoms with Crippen LogP contribution in [0.25, 0.3) is 0 Å². The Morgan fingerprint density at radius 2 is 2.05 bits per heavy atom. The highest BCUT2D eigenvalue weighted by Gasteiger charge is 2.43. The molecule has 1 N–H and O–H groups in total. The van der Waals surface area contributed by atoms with E-state index < -0.39 is 0 Å².